The first-order valence-corrected chi connectivity index (χ1v) is 15.3. The van der Waals surface area contributed by atoms with Crippen molar-refractivity contribution in [2.45, 2.75) is 113 Å². The SMILES string of the molecule is Cc1c(C)c2c(c(C)c1O)CC(CCC(CCC1Cc3c(C)c(O)c(C)c(C)c3OC1C)=C(CC(=O)O)C(=O)O)C(C)O2. The highest BCUT2D eigenvalue weighted by molar-refractivity contribution is 5.92. The first-order chi connectivity index (χ1) is 20.1. The van der Waals surface area contributed by atoms with Crippen molar-refractivity contribution in [3.05, 3.63) is 55.7 Å². The zero-order chi connectivity index (χ0) is 31.9. The van der Waals surface area contributed by atoms with Crippen molar-refractivity contribution in [1.29, 1.82) is 0 Å². The summed E-state index contributed by atoms with van der Waals surface area (Å²) in [4.78, 5) is 24.0. The number of carbonyl (C=O) groups is 2. The first kappa shape index (κ1) is 32.2. The van der Waals surface area contributed by atoms with Crippen molar-refractivity contribution in [3.63, 3.8) is 0 Å². The van der Waals surface area contributed by atoms with Crippen molar-refractivity contribution < 1.29 is 39.5 Å². The van der Waals surface area contributed by atoms with Gasteiger partial charge in [-0.15, -0.1) is 0 Å². The predicted molar refractivity (Wildman–Crippen MR) is 165 cm³/mol. The Morgan fingerprint density at radius 1 is 0.674 bits per heavy atom. The van der Waals surface area contributed by atoms with Gasteiger partial charge in [-0.25, -0.2) is 4.79 Å². The number of allylic oxidation sites excluding steroid dienone is 1. The lowest BCUT2D eigenvalue weighted by molar-refractivity contribution is -0.139. The van der Waals surface area contributed by atoms with Crippen molar-refractivity contribution in [1.82, 2.24) is 0 Å². The highest BCUT2D eigenvalue weighted by Crippen LogP contribution is 2.45. The van der Waals surface area contributed by atoms with E-state index in [1.54, 1.807) is 0 Å². The fourth-order valence-electron chi connectivity index (χ4n) is 6.89. The van der Waals surface area contributed by atoms with Crippen LogP contribution in [-0.4, -0.2) is 44.6 Å². The fraction of sp³-hybridized carbons (Fsp3) is 0.543. The van der Waals surface area contributed by atoms with Gasteiger partial charge in [-0.1, -0.05) is 5.57 Å². The quantitative estimate of drug-likeness (QED) is 0.229. The second-order valence-electron chi connectivity index (χ2n) is 12.7. The summed E-state index contributed by atoms with van der Waals surface area (Å²) in [7, 11) is 0. The van der Waals surface area contributed by atoms with Crippen LogP contribution in [0, 0.1) is 53.4 Å². The summed E-state index contributed by atoms with van der Waals surface area (Å²) in [5, 5.41) is 40.9. The number of benzene rings is 2. The van der Waals surface area contributed by atoms with Crippen LogP contribution in [0.2, 0.25) is 0 Å². The molecule has 2 aromatic carbocycles. The molecule has 0 fully saturated rings. The summed E-state index contributed by atoms with van der Waals surface area (Å²) < 4.78 is 12.7. The number of rotatable bonds is 9. The fourth-order valence-corrected chi connectivity index (χ4v) is 6.89. The zero-order valence-electron chi connectivity index (χ0n) is 26.7. The number of hydrogen-bond donors (Lipinski definition) is 4. The van der Waals surface area contributed by atoms with Gasteiger partial charge in [-0.05, 0) is 127 Å². The summed E-state index contributed by atoms with van der Waals surface area (Å²) in [6.07, 6.45) is 2.75. The van der Waals surface area contributed by atoms with Gasteiger partial charge < -0.3 is 29.9 Å². The van der Waals surface area contributed by atoms with Crippen molar-refractivity contribution in [2.24, 2.45) is 11.8 Å². The number of aliphatic carboxylic acids is 2. The molecule has 43 heavy (non-hydrogen) atoms. The molecule has 2 heterocycles. The van der Waals surface area contributed by atoms with Gasteiger partial charge in [0.25, 0.3) is 0 Å². The van der Waals surface area contributed by atoms with Gasteiger partial charge in [-0.2, -0.15) is 0 Å². The summed E-state index contributed by atoms with van der Waals surface area (Å²) in [5.41, 5.74) is 7.65. The molecule has 4 unspecified atom stereocenters. The van der Waals surface area contributed by atoms with E-state index in [0.29, 0.717) is 44.1 Å². The van der Waals surface area contributed by atoms with E-state index in [0.717, 1.165) is 56.0 Å². The Morgan fingerprint density at radius 3 is 1.42 bits per heavy atom. The molecular formula is C35H46O8. The van der Waals surface area contributed by atoms with E-state index in [9.17, 15) is 30.0 Å². The Bertz CT molecular complexity index is 1390. The maximum Gasteiger partial charge on any atom is 0.332 e. The second kappa shape index (κ2) is 12.5. The van der Waals surface area contributed by atoms with Crippen LogP contribution in [0.4, 0.5) is 0 Å². The Morgan fingerprint density at radius 2 is 1.07 bits per heavy atom. The lowest BCUT2D eigenvalue weighted by Crippen LogP contribution is -2.32. The third kappa shape index (κ3) is 6.20. The molecule has 0 saturated heterocycles. The zero-order valence-corrected chi connectivity index (χ0v) is 26.7. The second-order valence-corrected chi connectivity index (χ2v) is 12.7. The highest BCUT2D eigenvalue weighted by atomic mass is 16.5. The standard InChI is InChI=1S/C35H46O8/c1-16-18(3)33-27(20(5)31(16)38)13-25(22(7)42-33)11-9-24(29(35(40)41)15-30(36)37)10-12-26-14-28-21(6)32(39)17(2)19(4)34(28)43-23(26)8/h22-23,25-26,38-39H,9-15H2,1-8H3,(H,36,37)(H,40,41). The van der Waals surface area contributed by atoms with E-state index in [1.807, 2.05) is 55.4 Å². The summed E-state index contributed by atoms with van der Waals surface area (Å²) in [6.45, 7) is 15.5. The van der Waals surface area contributed by atoms with E-state index >= 15 is 0 Å². The van der Waals surface area contributed by atoms with Crippen LogP contribution < -0.4 is 9.47 Å². The van der Waals surface area contributed by atoms with Crippen molar-refractivity contribution >= 4 is 11.9 Å². The van der Waals surface area contributed by atoms with E-state index in [4.69, 9.17) is 9.47 Å². The number of carboxylic acid groups (broad SMARTS) is 2. The lowest BCUT2D eigenvalue weighted by Gasteiger charge is -2.35. The number of hydrogen-bond acceptors (Lipinski definition) is 6. The van der Waals surface area contributed by atoms with E-state index in [-0.39, 0.29) is 41.1 Å². The Hall–Kier alpha value is -3.68. The molecule has 8 heteroatoms. The maximum absolute atomic E-state index is 12.3. The highest BCUT2D eigenvalue weighted by Gasteiger charge is 2.34. The minimum atomic E-state index is -1.20. The number of carboxylic acids is 2. The molecule has 4 N–H and O–H groups in total. The first-order valence-electron chi connectivity index (χ1n) is 15.3. The molecule has 4 atom stereocenters. The van der Waals surface area contributed by atoms with Crippen molar-refractivity contribution in [3.8, 4) is 23.0 Å². The van der Waals surface area contributed by atoms with Crippen LogP contribution in [-0.2, 0) is 22.4 Å². The average Bonchev–Trinajstić information content (AvgIpc) is 2.96. The van der Waals surface area contributed by atoms with Crippen LogP contribution in [0.1, 0.15) is 90.5 Å². The molecule has 0 bridgehead atoms. The number of phenols is 2. The summed E-state index contributed by atoms with van der Waals surface area (Å²) in [6, 6.07) is 0. The average molecular weight is 595 g/mol. The summed E-state index contributed by atoms with van der Waals surface area (Å²) in [5.74, 6) is -0.0228. The van der Waals surface area contributed by atoms with Crippen LogP contribution in [0.25, 0.3) is 0 Å². The monoisotopic (exact) mass is 594 g/mol. The smallest absolute Gasteiger partial charge is 0.332 e. The molecule has 0 aliphatic carbocycles. The van der Waals surface area contributed by atoms with Crippen LogP contribution in [0.3, 0.4) is 0 Å². The molecule has 2 aliphatic heterocycles. The Labute approximate surface area is 254 Å². The topological polar surface area (TPSA) is 134 Å². The normalized spacial score (nSPS) is 20.8. The Balaban J connectivity index is 1.58. The predicted octanol–water partition coefficient (Wildman–Crippen LogP) is 6.94. The minimum absolute atomic E-state index is 0.0531. The molecule has 2 aliphatic rings. The third-order valence-electron chi connectivity index (χ3n) is 10.2. The molecule has 4 rings (SSSR count). The van der Waals surface area contributed by atoms with E-state index in [1.165, 1.54) is 0 Å². The molecule has 2 aromatic rings. The number of ether oxygens (including phenoxy) is 2. The van der Waals surface area contributed by atoms with Gasteiger partial charge >= 0.3 is 11.9 Å². The molecule has 0 saturated carbocycles. The molecular weight excluding hydrogens is 548 g/mol. The molecule has 0 spiro atoms. The molecule has 234 valence electrons. The van der Waals surface area contributed by atoms with Crippen molar-refractivity contribution in [2.75, 3.05) is 0 Å². The number of phenolic OH excluding ortho intramolecular Hbond substituents is 2. The summed E-state index contributed by atoms with van der Waals surface area (Å²) >= 11 is 0. The van der Waals surface area contributed by atoms with Crippen LogP contribution in [0.5, 0.6) is 23.0 Å². The maximum atomic E-state index is 12.3. The van der Waals surface area contributed by atoms with E-state index in [2.05, 4.69) is 0 Å². The van der Waals surface area contributed by atoms with Gasteiger partial charge in [0.05, 0.1) is 18.6 Å². The van der Waals surface area contributed by atoms with Gasteiger partial charge in [0.1, 0.15) is 23.0 Å². The van der Waals surface area contributed by atoms with E-state index < -0.39 is 18.4 Å². The van der Waals surface area contributed by atoms with Gasteiger partial charge in [0, 0.05) is 28.5 Å². The molecule has 0 amide bonds. The van der Waals surface area contributed by atoms with Gasteiger partial charge in [0.15, 0.2) is 0 Å². The number of aromatic hydroxyl groups is 2. The third-order valence-corrected chi connectivity index (χ3v) is 10.2. The van der Waals surface area contributed by atoms with Crippen LogP contribution >= 0.6 is 0 Å². The van der Waals surface area contributed by atoms with Gasteiger partial charge in [-0.3, -0.25) is 4.79 Å². The Kier molecular flexibility index (Phi) is 9.38. The largest absolute Gasteiger partial charge is 0.507 e. The lowest BCUT2D eigenvalue weighted by atomic mass is 9.80. The van der Waals surface area contributed by atoms with Gasteiger partial charge in [0.2, 0.25) is 0 Å². The molecule has 0 radical (unpaired) electrons. The molecule has 0 aromatic heterocycles. The minimum Gasteiger partial charge on any atom is -0.507 e. The molecule has 8 nitrogen and oxygen atoms in total. The van der Waals surface area contributed by atoms with Crippen LogP contribution in [0.15, 0.2) is 11.1 Å². The number of fused-ring (bicyclic) bond motifs is 2.